The highest BCUT2D eigenvalue weighted by Gasteiger charge is 2.75. The summed E-state index contributed by atoms with van der Waals surface area (Å²) in [5.74, 6) is -1.93. The lowest BCUT2D eigenvalue weighted by molar-refractivity contribution is -0.342. The normalized spacial score (nSPS) is 56.9. The molecule has 232 valence electrons. The van der Waals surface area contributed by atoms with Crippen molar-refractivity contribution in [2.45, 2.75) is 119 Å². The van der Waals surface area contributed by atoms with Crippen LogP contribution in [0.3, 0.4) is 0 Å². The topological polar surface area (TPSA) is 207 Å². The molecule has 5 unspecified atom stereocenters. The first-order valence-electron chi connectivity index (χ1n) is 14.9. The molecule has 8 N–H and O–H groups in total. The summed E-state index contributed by atoms with van der Waals surface area (Å²) in [7, 11) is 0. The number of fused-ring (bicyclic) bond motifs is 5. The number of hydrogen-bond donors (Lipinski definition) is 8. The summed E-state index contributed by atoms with van der Waals surface area (Å²) in [6.45, 7) is 3.00. The van der Waals surface area contributed by atoms with E-state index in [0.29, 0.717) is 19.3 Å². The molecule has 6 aliphatic rings. The van der Waals surface area contributed by atoms with Gasteiger partial charge in [0, 0.05) is 30.3 Å². The van der Waals surface area contributed by atoms with Crippen LogP contribution < -0.4 is 0 Å². The van der Waals surface area contributed by atoms with Crippen molar-refractivity contribution in [2.75, 3.05) is 13.2 Å². The Morgan fingerprint density at radius 3 is 2.41 bits per heavy atom. The van der Waals surface area contributed by atoms with E-state index in [4.69, 9.17) is 14.2 Å². The number of aliphatic hydroxyl groups is 8. The summed E-state index contributed by atoms with van der Waals surface area (Å²) >= 11 is 0. The molecule has 4 aliphatic carbocycles. The Labute approximate surface area is 238 Å². The molecule has 0 aromatic heterocycles. The fourth-order valence-corrected chi connectivity index (χ4v) is 10.1. The van der Waals surface area contributed by atoms with Gasteiger partial charge in [-0.25, -0.2) is 4.79 Å². The molecule has 12 nitrogen and oxygen atoms in total. The number of ether oxygens (including phenoxy) is 3. The minimum Gasteiger partial charge on any atom is -0.458 e. The molecule has 0 aromatic carbocycles. The molecule has 5 fully saturated rings. The van der Waals surface area contributed by atoms with Crippen LogP contribution >= 0.6 is 0 Å². The molecular formula is C29H44O12. The molecule has 0 spiro atoms. The fourth-order valence-electron chi connectivity index (χ4n) is 10.1. The first-order valence-corrected chi connectivity index (χ1v) is 14.9. The Bertz CT molecular complexity index is 1080. The third-order valence-corrected chi connectivity index (χ3v) is 12.2. The van der Waals surface area contributed by atoms with Crippen LogP contribution in [0.4, 0.5) is 0 Å². The van der Waals surface area contributed by atoms with Crippen LogP contribution in [0, 0.1) is 28.6 Å². The SMILES string of the molecule is CC1O[C@H](O[C@H]2C[C@@H](O)[C@]3(CO)C4C(CC[C@]3(O)C2)[C@@]2(O)CC[C@H](C3=CC(=O)OC3)[C@@]2(C)C[C@H]4O)C(O)C(O)[C@H]1O. The van der Waals surface area contributed by atoms with E-state index in [1.54, 1.807) is 0 Å². The number of cyclic esters (lactones) is 1. The minimum atomic E-state index is -1.67. The molecule has 2 heterocycles. The van der Waals surface area contributed by atoms with Crippen LogP contribution in [0.25, 0.3) is 0 Å². The number of esters is 1. The van der Waals surface area contributed by atoms with E-state index in [2.05, 4.69) is 0 Å². The van der Waals surface area contributed by atoms with E-state index >= 15 is 0 Å². The lowest BCUT2D eigenvalue weighted by Gasteiger charge is -2.68. The maximum Gasteiger partial charge on any atom is 0.331 e. The second-order valence-electron chi connectivity index (χ2n) is 13.8. The van der Waals surface area contributed by atoms with Gasteiger partial charge in [0.25, 0.3) is 0 Å². The summed E-state index contributed by atoms with van der Waals surface area (Å²) in [5.41, 5.74) is -4.46. The van der Waals surface area contributed by atoms with Crippen molar-refractivity contribution < 1.29 is 59.9 Å². The van der Waals surface area contributed by atoms with E-state index < -0.39 is 95.5 Å². The number of hydrogen-bond acceptors (Lipinski definition) is 12. The zero-order valence-corrected chi connectivity index (χ0v) is 23.5. The van der Waals surface area contributed by atoms with Gasteiger partial charge in [-0.1, -0.05) is 6.92 Å². The molecule has 2 aliphatic heterocycles. The van der Waals surface area contributed by atoms with Crippen molar-refractivity contribution in [3.05, 3.63) is 11.6 Å². The monoisotopic (exact) mass is 584 g/mol. The van der Waals surface area contributed by atoms with Crippen molar-refractivity contribution in [1.29, 1.82) is 0 Å². The standard InChI is InChI=1S/C29H44O12/c1-13-22(34)23(35)24(36)25(40-13)41-15-8-19(32)28(12-30)21-17(3-5-27(28,37)9-15)29(38)6-4-16(14-7-20(33)39-11-14)26(29,2)10-18(21)31/h7,13,15-19,21-25,30-32,34-38H,3-6,8-12H2,1-2H3/t13?,15-,16+,17?,18+,19+,21?,22-,23?,24?,25+,26+,27-,28+,29-/m0/s1. The average molecular weight is 585 g/mol. The Morgan fingerprint density at radius 2 is 1.76 bits per heavy atom. The molecule has 0 radical (unpaired) electrons. The van der Waals surface area contributed by atoms with Gasteiger partial charge in [-0.05, 0) is 56.4 Å². The van der Waals surface area contributed by atoms with Crippen LogP contribution in [0.5, 0.6) is 0 Å². The van der Waals surface area contributed by atoms with Gasteiger partial charge in [0.2, 0.25) is 0 Å². The Hall–Kier alpha value is -1.19. The predicted octanol–water partition coefficient (Wildman–Crippen LogP) is -1.51. The van der Waals surface area contributed by atoms with Crippen molar-refractivity contribution in [3.8, 4) is 0 Å². The molecule has 0 bridgehead atoms. The Balaban J connectivity index is 1.28. The highest BCUT2D eigenvalue weighted by atomic mass is 16.7. The first kappa shape index (κ1) is 29.9. The summed E-state index contributed by atoms with van der Waals surface area (Å²) in [6, 6.07) is 0. The highest BCUT2D eigenvalue weighted by molar-refractivity contribution is 5.85. The average Bonchev–Trinajstić information content (AvgIpc) is 3.45. The quantitative estimate of drug-likeness (QED) is 0.140. The van der Waals surface area contributed by atoms with E-state index in [9.17, 15) is 45.6 Å². The van der Waals surface area contributed by atoms with Crippen molar-refractivity contribution >= 4 is 5.97 Å². The third kappa shape index (κ3) is 3.99. The molecule has 0 aromatic rings. The van der Waals surface area contributed by atoms with Gasteiger partial charge < -0.3 is 55.1 Å². The number of rotatable bonds is 4. The summed E-state index contributed by atoms with van der Waals surface area (Å²) in [4.78, 5) is 11.8. The molecule has 41 heavy (non-hydrogen) atoms. The number of carbonyl (C=O) groups excluding carboxylic acids is 1. The summed E-state index contributed by atoms with van der Waals surface area (Å²) in [6.07, 6.45) is -6.68. The van der Waals surface area contributed by atoms with Crippen molar-refractivity contribution in [3.63, 3.8) is 0 Å². The Kier molecular flexibility index (Phi) is 7.22. The van der Waals surface area contributed by atoms with E-state index in [1.807, 2.05) is 6.92 Å². The minimum absolute atomic E-state index is 0.0369. The second kappa shape index (κ2) is 9.91. The van der Waals surface area contributed by atoms with Gasteiger partial charge in [0.1, 0.15) is 24.9 Å². The molecule has 12 heteroatoms. The fraction of sp³-hybridized carbons (Fsp3) is 0.897. The molecule has 0 amide bonds. The predicted molar refractivity (Wildman–Crippen MR) is 139 cm³/mol. The molecular weight excluding hydrogens is 540 g/mol. The van der Waals surface area contributed by atoms with Gasteiger partial charge in [-0.15, -0.1) is 0 Å². The number of carbonyl (C=O) groups is 1. The zero-order chi connectivity index (χ0) is 29.7. The van der Waals surface area contributed by atoms with Gasteiger partial charge >= 0.3 is 5.97 Å². The summed E-state index contributed by atoms with van der Waals surface area (Å²) in [5, 5.41) is 89.6. The van der Waals surface area contributed by atoms with Crippen LogP contribution in [-0.4, -0.2) is 120 Å². The van der Waals surface area contributed by atoms with Gasteiger partial charge in [0.15, 0.2) is 6.29 Å². The maximum absolute atomic E-state index is 12.4. The zero-order valence-electron chi connectivity index (χ0n) is 23.5. The summed E-state index contributed by atoms with van der Waals surface area (Å²) < 4.78 is 16.7. The van der Waals surface area contributed by atoms with Gasteiger partial charge in [0.05, 0.1) is 47.6 Å². The molecule has 1 saturated heterocycles. The van der Waals surface area contributed by atoms with Crippen molar-refractivity contribution in [2.24, 2.45) is 28.6 Å². The highest BCUT2D eigenvalue weighted by Crippen LogP contribution is 2.70. The molecule has 6 rings (SSSR count). The molecule has 4 saturated carbocycles. The maximum atomic E-state index is 12.4. The molecule has 15 atom stereocenters. The van der Waals surface area contributed by atoms with Crippen LogP contribution in [0.15, 0.2) is 11.6 Å². The van der Waals surface area contributed by atoms with Crippen LogP contribution in [-0.2, 0) is 19.0 Å². The van der Waals surface area contributed by atoms with Gasteiger partial charge in [-0.2, -0.15) is 0 Å². The Morgan fingerprint density at radius 1 is 1.02 bits per heavy atom. The van der Waals surface area contributed by atoms with E-state index in [0.717, 1.165) is 5.57 Å². The number of aliphatic hydroxyl groups excluding tert-OH is 6. The van der Waals surface area contributed by atoms with Crippen molar-refractivity contribution in [1.82, 2.24) is 0 Å². The lowest BCUT2D eigenvalue weighted by Crippen LogP contribution is -2.76. The van der Waals surface area contributed by atoms with Gasteiger partial charge in [-0.3, -0.25) is 0 Å². The lowest BCUT2D eigenvalue weighted by atomic mass is 9.40. The van der Waals surface area contributed by atoms with Crippen LogP contribution in [0.1, 0.15) is 58.8 Å². The first-order chi connectivity index (χ1) is 19.2. The van der Waals surface area contributed by atoms with Crippen LogP contribution in [0.2, 0.25) is 0 Å². The second-order valence-corrected chi connectivity index (χ2v) is 13.8. The smallest absolute Gasteiger partial charge is 0.331 e. The third-order valence-electron chi connectivity index (χ3n) is 12.2. The van der Waals surface area contributed by atoms with E-state index in [-0.39, 0.29) is 38.2 Å². The largest absolute Gasteiger partial charge is 0.458 e. The van der Waals surface area contributed by atoms with E-state index in [1.165, 1.54) is 13.0 Å².